The maximum atomic E-state index is 11.8. The van der Waals surface area contributed by atoms with Crippen molar-refractivity contribution in [2.24, 2.45) is 5.92 Å². The fourth-order valence-electron chi connectivity index (χ4n) is 2.00. The average Bonchev–Trinajstić information content (AvgIpc) is 2.70. The van der Waals surface area contributed by atoms with Crippen LogP contribution in [0.4, 0.5) is 5.69 Å². The van der Waals surface area contributed by atoms with E-state index in [9.17, 15) is 13.2 Å². The van der Waals surface area contributed by atoms with Crippen LogP contribution in [0.15, 0.2) is 29.2 Å². The van der Waals surface area contributed by atoms with Crippen LogP contribution in [-0.2, 0) is 14.8 Å². The summed E-state index contributed by atoms with van der Waals surface area (Å²) in [6.45, 7) is 2.60. The van der Waals surface area contributed by atoms with E-state index in [1.807, 2.05) is 6.92 Å². The highest BCUT2D eigenvalue weighted by Gasteiger charge is 2.28. The average molecular weight is 268 g/mol. The lowest BCUT2D eigenvalue weighted by Gasteiger charge is -2.16. The fraction of sp³-hybridized carbons (Fsp3) is 0.417. The molecule has 1 aromatic rings. The maximum Gasteiger partial charge on any atom is 0.240 e. The number of anilines is 1. The Morgan fingerprint density at radius 2 is 1.89 bits per heavy atom. The Bertz CT molecular complexity index is 551. The third-order valence-corrected chi connectivity index (χ3v) is 4.63. The molecule has 6 heteroatoms. The molecule has 1 atom stereocenters. The minimum atomic E-state index is -3.42. The van der Waals surface area contributed by atoms with Crippen molar-refractivity contribution in [3.63, 3.8) is 0 Å². The Morgan fingerprint density at radius 1 is 1.28 bits per heavy atom. The van der Waals surface area contributed by atoms with Gasteiger partial charge in [0.2, 0.25) is 15.9 Å². The number of hydrogen-bond acceptors (Lipinski definition) is 3. The second-order valence-corrected chi connectivity index (χ2v) is 6.27. The van der Waals surface area contributed by atoms with Crippen LogP contribution in [0, 0.1) is 5.92 Å². The number of nitrogens with zero attached hydrogens (tertiary/aromatic N) is 1. The minimum Gasteiger partial charge on any atom is -0.312 e. The first-order valence-corrected chi connectivity index (χ1v) is 7.29. The predicted octanol–water partition coefficient (Wildman–Crippen LogP) is 0.967. The van der Waals surface area contributed by atoms with Gasteiger partial charge in [-0.3, -0.25) is 4.79 Å². The molecule has 1 N–H and O–H groups in total. The van der Waals surface area contributed by atoms with Gasteiger partial charge in [-0.25, -0.2) is 13.1 Å². The van der Waals surface area contributed by atoms with E-state index in [4.69, 9.17) is 0 Å². The van der Waals surface area contributed by atoms with E-state index < -0.39 is 10.0 Å². The molecule has 0 aliphatic carbocycles. The molecule has 1 aromatic carbocycles. The van der Waals surface area contributed by atoms with Gasteiger partial charge in [0, 0.05) is 18.2 Å². The standard InChI is InChI=1S/C12H16N2O3S/c1-9-7-8-14(12(9)15)10-3-5-11(6-4-10)18(16,17)13-2/h3-6,9,13H,7-8H2,1-2H3/t9-/m1/s1. The van der Waals surface area contributed by atoms with Gasteiger partial charge in [0.1, 0.15) is 0 Å². The van der Waals surface area contributed by atoms with Gasteiger partial charge in [-0.05, 0) is 37.7 Å². The third-order valence-electron chi connectivity index (χ3n) is 3.20. The second kappa shape index (κ2) is 4.70. The van der Waals surface area contributed by atoms with Crippen molar-refractivity contribution in [3.05, 3.63) is 24.3 Å². The molecule has 1 aliphatic rings. The molecule has 0 aromatic heterocycles. The molecule has 1 heterocycles. The summed E-state index contributed by atoms with van der Waals surface area (Å²) in [5, 5.41) is 0. The van der Waals surface area contributed by atoms with Crippen LogP contribution in [0.5, 0.6) is 0 Å². The molecule has 1 amide bonds. The molecular weight excluding hydrogens is 252 g/mol. The topological polar surface area (TPSA) is 66.5 Å². The van der Waals surface area contributed by atoms with Gasteiger partial charge >= 0.3 is 0 Å². The highest BCUT2D eigenvalue weighted by atomic mass is 32.2. The molecule has 1 saturated heterocycles. The number of rotatable bonds is 3. The smallest absolute Gasteiger partial charge is 0.240 e. The zero-order valence-corrected chi connectivity index (χ0v) is 11.2. The van der Waals surface area contributed by atoms with Gasteiger partial charge in [0.25, 0.3) is 0 Å². The van der Waals surface area contributed by atoms with Gasteiger partial charge in [0.05, 0.1) is 4.90 Å². The van der Waals surface area contributed by atoms with E-state index in [0.717, 1.165) is 12.1 Å². The molecule has 0 saturated carbocycles. The van der Waals surface area contributed by atoms with Gasteiger partial charge in [-0.15, -0.1) is 0 Å². The Labute approximate surface area is 107 Å². The molecule has 1 aliphatic heterocycles. The van der Waals surface area contributed by atoms with E-state index in [0.29, 0.717) is 6.54 Å². The first-order valence-electron chi connectivity index (χ1n) is 5.80. The second-order valence-electron chi connectivity index (χ2n) is 4.38. The molecule has 2 rings (SSSR count). The number of amides is 1. The van der Waals surface area contributed by atoms with Crippen LogP contribution < -0.4 is 9.62 Å². The van der Waals surface area contributed by atoms with Crippen LogP contribution in [0.1, 0.15) is 13.3 Å². The Hall–Kier alpha value is -1.40. The minimum absolute atomic E-state index is 0.0470. The molecule has 98 valence electrons. The highest BCUT2D eigenvalue weighted by molar-refractivity contribution is 7.89. The summed E-state index contributed by atoms with van der Waals surface area (Å²) >= 11 is 0. The van der Waals surface area contributed by atoms with Crippen molar-refractivity contribution >= 4 is 21.6 Å². The van der Waals surface area contributed by atoms with Crippen LogP contribution in [0.25, 0.3) is 0 Å². The summed E-state index contributed by atoms with van der Waals surface area (Å²) in [5.41, 5.74) is 0.749. The summed E-state index contributed by atoms with van der Waals surface area (Å²) < 4.78 is 25.4. The molecule has 0 spiro atoms. The van der Waals surface area contributed by atoms with E-state index in [1.165, 1.54) is 19.2 Å². The lowest BCUT2D eigenvalue weighted by molar-refractivity contribution is -0.119. The van der Waals surface area contributed by atoms with Crippen LogP contribution in [-0.4, -0.2) is 27.9 Å². The zero-order chi connectivity index (χ0) is 13.3. The predicted molar refractivity (Wildman–Crippen MR) is 68.8 cm³/mol. The lowest BCUT2D eigenvalue weighted by Crippen LogP contribution is -2.26. The van der Waals surface area contributed by atoms with Crippen LogP contribution in [0.3, 0.4) is 0 Å². The monoisotopic (exact) mass is 268 g/mol. The van der Waals surface area contributed by atoms with Crippen molar-refractivity contribution < 1.29 is 13.2 Å². The SMILES string of the molecule is CNS(=O)(=O)c1ccc(N2CC[C@@H](C)C2=O)cc1. The van der Waals surface area contributed by atoms with Crippen molar-refractivity contribution in [1.29, 1.82) is 0 Å². The Kier molecular flexibility index (Phi) is 3.41. The Morgan fingerprint density at radius 3 is 2.33 bits per heavy atom. The lowest BCUT2D eigenvalue weighted by atomic mass is 10.1. The maximum absolute atomic E-state index is 11.8. The van der Waals surface area contributed by atoms with E-state index in [1.54, 1.807) is 17.0 Å². The van der Waals surface area contributed by atoms with Gasteiger partial charge in [-0.1, -0.05) is 6.92 Å². The molecular formula is C12H16N2O3S. The summed E-state index contributed by atoms with van der Waals surface area (Å²) in [4.78, 5) is 13.7. The number of benzene rings is 1. The summed E-state index contributed by atoms with van der Waals surface area (Å²) in [6, 6.07) is 6.36. The van der Waals surface area contributed by atoms with Gasteiger partial charge in [-0.2, -0.15) is 0 Å². The van der Waals surface area contributed by atoms with Crippen LogP contribution >= 0.6 is 0 Å². The zero-order valence-electron chi connectivity index (χ0n) is 10.4. The molecule has 0 bridgehead atoms. The summed E-state index contributed by atoms with van der Waals surface area (Å²) in [6.07, 6.45) is 0.843. The number of sulfonamides is 1. The first-order chi connectivity index (χ1) is 8.45. The molecule has 0 radical (unpaired) electrons. The number of carbonyl (C=O) groups excluding carboxylic acids is 1. The Balaban J connectivity index is 2.26. The normalized spacial score (nSPS) is 20.4. The molecule has 0 unspecified atom stereocenters. The molecule has 18 heavy (non-hydrogen) atoms. The van der Waals surface area contributed by atoms with Crippen molar-refractivity contribution in [1.82, 2.24) is 4.72 Å². The number of carbonyl (C=O) groups is 1. The van der Waals surface area contributed by atoms with E-state index >= 15 is 0 Å². The van der Waals surface area contributed by atoms with E-state index in [-0.39, 0.29) is 16.7 Å². The first kappa shape index (κ1) is 13.0. The van der Waals surface area contributed by atoms with Gasteiger partial charge in [0.15, 0.2) is 0 Å². The van der Waals surface area contributed by atoms with Crippen molar-refractivity contribution in [3.8, 4) is 0 Å². The molecule has 1 fully saturated rings. The number of hydrogen-bond donors (Lipinski definition) is 1. The van der Waals surface area contributed by atoms with Crippen molar-refractivity contribution in [2.45, 2.75) is 18.2 Å². The van der Waals surface area contributed by atoms with Crippen LogP contribution in [0.2, 0.25) is 0 Å². The van der Waals surface area contributed by atoms with Crippen molar-refractivity contribution in [2.75, 3.05) is 18.5 Å². The quantitative estimate of drug-likeness (QED) is 0.888. The molecule has 5 nitrogen and oxygen atoms in total. The summed E-state index contributed by atoms with van der Waals surface area (Å²) in [7, 11) is -2.05. The highest BCUT2D eigenvalue weighted by Crippen LogP contribution is 2.25. The summed E-state index contributed by atoms with van der Waals surface area (Å²) in [5.74, 6) is 0.143. The van der Waals surface area contributed by atoms with Gasteiger partial charge < -0.3 is 4.90 Å². The number of nitrogens with one attached hydrogen (secondary N) is 1. The largest absolute Gasteiger partial charge is 0.312 e. The third kappa shape index (κ3) is 2.26. The fourth-order valence-corrected chi connectivity index (χ4v) is 2.73. The van der Waals surface area contributed by atoms with E-state index in [2.05, 4.69) is 4.72 Å².